The first-order valence-electron chi connectivity index (χ1n) is 8.59. The fourth-order valence-corrected chi connectivity index (χ4v) is 3.27. The van der Waals surface area contributed by atoms with Crippen molar-refractivity contribution in [2.45, 2.75) is 51.0 Å². The van der Waals surface area contributed by atoms with Crippen molar-refractivity contribution in [3.63, 3.8) is 0 Å². The maximum atomic E-state index is 11.5. The fourth-order valence-electron chi connectivity index (χ4n) is 3.27. The number of carbonyl (C=O) groups is 1. The highest BCUT2D eigenvalue weighted by molar-refractivity contribution is 5.78. The molecule has 1 aliphatic rings. The third-order valence-electron chi connectivity index (χ3n) is 4.62. The van der Waals surface area contributed by atoms with E-state index in [1.54, 1.807) is 0 Å². The molecule has 0 spiro atoms. The molecule has 0 aliphatic heterocycles. The van der Waals surface area contributed by atoms with Gasteiger partial charge in [0.15, 0.2) is 0 Å². The van der Waals surface area contributed by atoms with E-state index in [2.05, 4.69) is 36.4 Å². The summed E-state index contributed by atoms with van der Waals surface area (Å²) >= 11 is 0. The van der Waals surface area contributed by atoms with Crippen LogP contribution in [-0.4, -0.2) is 5.78 Å². The summed E-state index contributed by atoms with van der Waals surface area (Å²) in [6, 6.07) is 18.7. The van der Waals surface area contributed by atoms with Crippen LogP contribution >= 0.6 is 0 Å². The van der Waals surface area contributed by atoms with E-state index in [1.807, 2.05) is 18.2 Å². The number of Topliss-reactive ketones (excluding diaryl/α,β-unsaturated/α-hetero) is 1. The van der Waals surface area contributed by atoms with Crippen LogP contribution in [0.3, 0.4) is 0 Å². The molecule has 0 unspecified atom stereocenters. The van der Waals surface area contributed by atoms with Crippen LogP contribution < -0.4 is 4.74 Å². The predicted octanol–water partition coefficient (Wildman–Crippen LogP) is 5.27. The lowest BCUT2D eigenvalue weighted by atomic mass is 9.86. The monoisotopic (exact) mass is 308 g/mol. The van der Waals surface area contributed by atoms with Gasteiger partial charge < -0.3 is 4.74 Å². The summed E-state index contributed by atoms with van der Waals surface area (Å²) in [7, 11) is 0. The lowest BCUT2D eigenvalue weighted by Crippen LogP contribution is -2.07. The van der Waals surface area contributed by atoms with Crippen molar-refractivity contribution >= 4 is 5.78 Å². The molecule has 120 valence electrons. The zero-order chi connectivity index (χ0) is 15.9. The van der Waals surface area contributed by atoms with Gasteiger partial charge in [-0.2, -0.15) is 0 Å². The molecule has 0 radical (unpaired) electrons. The van der Waals surface area contributed by atoms with Crippen LogP contribution in [0.1, 0.15) is 55.6 Å². The molecule has 1 aliphatic carbocycles. The van der Waals surface area contributed by atoms with Crippen molar-refractivity contribution in [3.05, 3.63) is 65.7 Å². The molecule has 0 saturated heterocycles. The molecule has 2 nitrogen and oxygen atoms in total. The number of ether oxygens (including phenoxy) is 1. The highest BCUT2D eigenvalue weighted by Crippen LogP contribution is 2.31. The minimum absolute atomic E-state index is 0.438. The highest BCUT2D eigenvalue weighted by atomic mass is 16.5. The van der Waals surface area contributed by atoms with Gasteiger partial charge in [0, 0.05) is 12.8 Å². The molecule has 0 heterocycles. The van der Waals surface area contributed by atoms with Gasteiger partial charge in [0.25, 0.3) is 0 Å². The van der Waals surface area contributed by atoms with E-state index in [1.165, 1.54) is 11.1 Å². The van der Waals surface area contributed by atoms with Crippen LogP contribution in [0, 0.1) is 0 Å². The number of rotatable bonds is 4. The largest absolute Gasteiger partial charge is 0.489 e. The Balaban J connectivity index is 1.57. The Morgan fingerprint density at radius 3 is 2.17 bits per heavy atom. The van der Waals surface area contributed by atoms with Gasteiger partial charge in [-0.05, 0) is 54.9 Å². The fraction of sp³-hybridized carbons (Fsp3) is 0.381. The maximum Gasteiger partial charge on any atom is 0.132 e. The average Bonchev–Trinajstić information content (AvgIpc) is 2.58. The van der Waals surface area contributed by atoms with E-state index in [9.17, 15) is 4.79 Å². The zero-order valence-electron chi connectivity index (χ0n) is 13.5. The molecule has 2 aromatic carbocycles. The quantitative estimate of drug-likeness (QED) is 0.769. The predicted molar refractivity (Wildman–Crippen MR) is 92.7 cm³/mol. The van der Waals surface area contributed by atoms with E-state index >= 15 is 0 Å². The summed E-state index contributed by atoms with van der Waals surface area (Å²) in [5.74, 6) is 1.94. The molecular formula is C21H24O2. The Kier molecular flexibility index (Phi) is 5.46. The van der Waals surface area contributed by atoms with E-state index in [-0.39, 0.29) is 0 Å². The molecular weight excluding hydrogens is 284 g/mol. The molecule has 23 heavy (non-hydrogen) atoms. The van der Waals surface area contributed by atoms with Gasteiger partial charge in [-0.15, -0.1) is 0 Å². The van der Waals surface area contributed by atoms with Crippen LogP contribution in [0.4, 0.5) is 0 Å². The van der Waals surface area contributed by atoms with Gasteiger partial charge in [-0.3, -0.25) is 4.79 Å². The van der Waals surface area contributed by atoms with Crippen LogP contribution in [0.5, 0.6) is 5.75 Å². The lowest BCUT2D eigenvalue weighted by molar-refractivity contribution is -0.119. The van der Waals surface area contributed by atoms with Crippen molar-refractivity contribution in [1.29, 1.82) is 0 Å². The molecule has 1 fully saturated rings. The van der Waals surface area contributed by atoms with E-state index in [0.717, 1.165) is 44.3 Å². The standard InChI is InChI=1S/C21H24O2/c22-20-10-4-8-18(9-5-11-20)19-12-14-21(15-13-19)23-16-17-6-2-1-3-7-17/h1-3,6-7,12-15,18H,4-5,8-11,16H2. The molecule has 3 rings (SSSR count). The molecule has 1 saturated carbocycles. The molecule has 0 bridgehead atoms. The number of carbonyl (C=O) groups excluding carboxylic acids is 1. The number of ketones is 1. The van der Waals surface area contributed by atoms with E-state index in [0.29, 0.717) is 18.3 Å². The Morgan fingerprint density at radius 2 is 1.52 bits per heavy atom. The first kappa shape index (κ1) is 15.8. The van der Waals surface area contributed by atoms with Gasteiger partial charge in [-0.1, -0.05) is 42.5 Å². The van der Waals surface area contributed by atoms with Crippen LogP contribution in [-0.2, 0) is 11.4 Å². The van der Waals surface area contributed by atoms with Gasteiger partial charge >= 0.3 is 0 Å². The Bertz CT molecular complexity index is 604. The normalized spacial score (nSPS) is 16.6. The van der Waals surface area contributed by atoms with Gasteiger partial charge in [0.05, 0.1) is 0 Å². The van der Waals surface area contributed by atoms with Crippen LogP contribution in [0.15, 0.2) is 54.6 Å². The van der Waals surface area contributed by atoms with Crippen molar-refractivity contribution < 1.29 is 9.53 Å². The number of hydrogen-bond donors (Lipinski definition) is 0. The van der Waals surface area contributed by atoms with Crippen LogP contribution in [0.2, 0.25) is 0 Å². The van der Waals surface area contributed by atoms with Crippen molar-refractivity contribution in [1.82, 2.24) is 0 Å². The number of hydrogen-bond acceptors (Lipinski definition) is 2. The van der Waals surface area contributed by atoms with E-state index in [4.69, 9.17) is 4.74 Å². The second kappa shape index (κ2) is 7.96. The maximum absolute atomic E-state index is 11.5. The lowest BCUT2D eigenvalue weighted by Gasteiger charge is -2.20. The SMILES string of the molecule is O=C1CCCC(c2ccc(OCc3ccccc3)cc2)CCC1. The van der Waals surface area contributed by atoms with Crippen molar-refractivity contribution in [2.24, 2.45) is 0 Å². The van der Waals surface area contributed by atoms with Crippen molar-refractivity contribution in [3.8, 4) is 5.75 Å². The summed E-state index contributed by atoms with van der Waals surface area (Å²) in [6.45, 7) is 0.603. The van der Waals surface area contributed by atoms with Gasteiger partial charge in [0.2, 0.25) is 0 Å². The molecule has 2 heteroatoms. The average molecular weight is 308 g/mol. The Hall–Kier alpha value is -2.09. The third kappa shape index (κ3) is 4.69. The molecule has 0 aromatic heterocycles. The van der Waals surface area contributed by atoms with E-state index < -0.39 is 0 Å². The van der Waals surface area contributed by atoms with Crippen LogP contribution in [0.25, 0.3) is 0 Å². The minimum Gasteiger partial charge on any atom is -0.489 e. The summed E-state index contributed by atoms with van der Waals surface area (Å²) in [5.41, 5.74) is 2.56. The second-order valence-electron chi connectivity index (χ2n) is 6.36. The zero-order valence-corrected chi connectivity index (χ0v) is 13.5. The summed E-state index contributed by atoms with van der Waals surface area (Å²) in [6.07, 6.45) is 5.81. The smallest absolute Gasteiger partial charge is 0.132 e. The highest BCUT2D eigenvalue weighted by Gasteiger charge is 2.16. The first-order chi connectivity index (χ1) is 11.3. The molecule has 0 amide bonds. The first-order valence-corrected chi connectivity index (χ1v) is 8.59. The summed E-state index contributed by atoms with van der Waals surface area (Å²) in [5, 5.41) is 0. The Morgan fingerprint density at radius 1 is 0.870 bits per heavy atom. The van der Waals surface area contributed by atoms with Gasteiger partial charge in [-0.25, -0.2) is 0 Å². The minimum atomic E-state index is 0.438. The summed E-state index contributed by atoms with van der Waals surface area (Å²) < 4.78 is 5.85. The Labute approximate surface area is 138 Å². The van der Waals surface area contributed by atoms with Gasteiger partial charge in [0.1, 0.15) is 18.1 Å². The molecule has 2 aromatic rings. The second-order valence-corrected chi connectivity index (χ2v) is 6.36. The topological polar surface area (TPSA) is 26.3 Å². The summed E-state index contributed by atoms with van der Waals surface area (Å²) in [4.78, 5) is 11.5. The molecule has 0 atom stereocenters. The molecule has 0 N–H and O–H groups in total. The number of benzene rings is 2. The van der Waals surface area contributed by atoms with Crippen molar-refractivity contribution in [2.75, 3.05) is 0 Å². The third-order valence-corrected chi connectivity index (χ3v) is 4.62.